The number of nitrogens with one attached hydrogen (secondary N) is 1. The molecule has 2 heterocycles. The molecular weight excluding hydrogens is 593 g/mol. The molecule has 0 unspecified atom stereocenters. The van der Waals surface area contributed by atoms with Crippen LogP contribution in [0.3, 0.4) is 0 Å². The maximum absolute atomic E-state index is 13.2. The van der Waals surface area contributed by atoms with Gasteiger partial charge in [0.2, 0.25) is 0 Å². The third-order valence-electron chi connectivity index (χ3n) is 6.99. The van der Waals surface area contributed by atoms with Crippen molar-refractivity contribution < 1.29 is 32.3 Å². The predicted molar refractivity (Wildman–Crippen MR) is 153 cm³/mol. The Balaban J connectivity index is 1.35. The van der Waals surface area contributed by atoms with E-state index in [1.54, 1.807) is 35.4 Å². The van der Waals surface area contributed by atoms with E-state index in [-0.39, 0.29) is 39.4 Å². The van der Waals surface area contributed by atoms with Gasteiger partial charge in [-0.05, 0) is 59.5 Å². The van der Waals surface area contributed by atoms with Crippen molar-refractivity contribution in [2.75, 3.05) is 12.8 Å². The van der Waals surface area contributed by atoms with Crippen LogP contribution in [0.1, 0.15) is 37.4 Å². The van der Waals surface area contributed by atoms with Gasteiger partial charge in [-0.2, -0.15) is 0 Å². The Morgan fingerprint density at radius 1 is 1.15 bits per heavy atom. The quantitative estimate of drug-likeness (QED) is 0.305. The lowest BCUT2D eigenvalue weighted by molar-refractivity contribution is -0.139. The molecule has 0 fully saturated rings. The number of carbonyl (C=O) groups excluding carboxylic acids is 2. The second-order valence-electron chi connectivity index (χ2n) is 9.82. The molecule has 3 aromatic carbocycles. The molecule has 2 amide bonds. The second-order valence-corrected chi connectivity index (χ2v) is 12.6. The number of carboxylic acid groups (broad SMARTS) is 1. The smallest absolute Gasteiger partial charge is 0.326 e. The summed E-state index contributed by atoms with van der Waals surface area (Å²) in [5.74, 6) is -2.28. The van der Waals surface area contributed by atoms with Gasteiger partial charge < -0.3 is 19.7 Å². The molecule has 212 valence electrons. The molecule has 0 radical (unpaired) electrons. The Morgan fingerprint density at radius 3 is 2.66 bits per heavy atom. The number of halogens is 2. The van der Waals surface area contributed by atoms with Gasteiger partial charge in [0.05, 0.1) is 26.8 Å². The Kier molecular flexibility index (Phi) is 7.83. The molecule has 9 nitrogen and oxygen atoms in total. The van der Waals surface area contributed by atoms with Crippen molar-refractivity contribution in [3.05, 3.63) is 98.7 Å². The zero-order valence-electron chi connectivity index (χ0n) is 21.7. The Hall–Kier alpha value is -3.86. The number of nitrogens with zero attached hydrogens (tertiary/aromatic N) is 1. The van der Waals surface area contributed by atoms with E-state index in [1.165, 1.54) is 18.2 Å². The van der Waals surface area contributed by atoms with Crippen molar-refractivity contribution in [1.29, 1.82) is 0 Å². The number of rotatable bonds is 7. The minimum atomic E-state index is -3.50. The predicted octanol–water partition coefficient (Wildman–Crippen LogP) is 4.77. The van der Waals surface area contributed by atoms with Crippen LogP contribution in [0.5, 0.6) is 0 Å². The van der Waals surface area contributed by atoms with Crippen LogP contribution in [0.25, 0.3) is 11.0 Å². The molecule has 1 aliphatic rings. The second kappa shape index (κ2) is 11.2. The fraction of sp³-hybridized carbons (Fsp3) is 0.207. The van der Waals surface area contributed by atoms with E-state index in [0.29, 0.717) is 40.8 Å². The Bertz CT molecular complexity index is 1820. The summed E-state index contributed by atoms with van der Waals surface area (Å²) in [4.78, 5) is 40.1. The summed E-state index contributed by atoms with van der Waals surface area (Å²) in [5, 5.41) is 13.2. The topological polar surface area (TPSA) is 134 Å². The molecule has 41 heavy (non-hydrogen) atoms. The number of aliphatic carboxylic acids is 1. The van der Waals surface area contributed by atoms with Crippen molar-refractivity contribution in [1.82, 2.24) is 10.2 Å². The largest absolute Gasteiger partial charge is 0.480 e. The Morgan fingerprint density at radius 2 is 1.93 bits per heavy atom. The minimum absolute atomic E-state index is 0.0146. The molecule has 0 saturated heterocycles. The summed E-state index contributed by atoms with van der Waals surface area (Å²) in [6, 6.07) is 13.1. The van der Waals surface area contributed by atoms with Crippen LogP contribution in [0.4, 0.5) is 0 Å². The molecule has 1 aliphatic heterocycles. The third-order valence-corrected chi connectivity index (χ3v) is 8.82. The lowest BCUT2D eigenvalue weighted by atomic mass is 9.98. The van der Waals surface area contributed by atoms with E-state index in [1.807, 2.05) is 12.1 Å². The summed E-state index contributed by atoms with van der Waals surface area (Å²) >= 11 is 13.1. The van der Waals surface area contributed by atoms with Crippen LogP contribution < -0.4 is 5.32 Å². The highest BCUT2D eigenvalue weighted by Crippen LogP contribution is 2.35. The van der Waals surface area contributed by atoms with E-state index in [0.717, 1.165) is 11.6 Å². The average molecular weight is 617 g/mol. The zero-order chi connectivity index (χ0) is 29.5. The molecule has 1 aromatic heterocycles. The SMILES string of the molecule is CS(=O)(=O)c1cccc(C[C@H](N[14C](=O)c2c(Cl)cc3c(c2Cl)CCN(C(=O)c2ccc4ccoc4c2)C3)C(=O)O)c1. The van der Waals surface area contributed by atoms with Gasteiger partial charge in [-0.1, -0.05) is 41.4 Å². The van der Waals surface area contributed by atoms with E-state index < -0.39 is 27.8 Å². The number of fused-ring (bicyclic) bond motifs is 2. The van der Waals surface area contributed by atoms with E-state index in [4.69, 9.17) is 27.6 Å². The monoisotopic (exact) mass is 616 g/mol. The van der Waals surface area contributed by atoms with Crippen molar-refractivity contribution in [2.45, 2.75) is 30.3 Å². The molecule has 4 aromatic rings. The standard InChI is InChI=1S/C29H24Cl2N2O7S/c1-41(38,39)20-4-2-3-16(11-20)12-23(29(36)37)32-27(34)25-22(30)13-19-15-33(9-7-21(19)26(25)31)28(35)18-6-5-17-8-10-40-24(17)14-18/h2-6,8,10-11,13-14,23H,7,9,12,15H2,1H3,(H,32,34)(H,36,37)/t23-/m0/s1/i27+2. The minimum Gasteiger partial charge on any atom is -0.480 e. The third kappa shape index (κ3) is 5.95. The molecule has 0 spiro atoms. The fourth-order valence-corrected chi connectivity index (χ4v) is 6.33. The molecule has 12 heteroatoms. The van der Waals surface area contributed by atoms with Crippen LogP contribution in [0, 0.1) is 0 Å². The molecule has 2 N–H and O–H groups in total. The first kappa shape index (κ1) is 28.7. The van der Waals surface area contributed by atoms with Crippen molar-refractivity contribution in [3.8, 4) is 0 Å². The summed E-state index contributed by atoms with van der Waals surface area (Å²) in [6.45, 7) is 0.568. The van der Waals surface area contributed by atoms with Gasteiger partial charge in [-0.3, -0.25) is 9.59 Å². The average Bonchev–Trinajstić information content (AvgIpc) is 3.39. The van der Waals surface area contributed by atoms with Gasteiger partial charge in [-0.15, -0.1) is 0 Å². The number of amides is 2. The molecule has 0 aliphatic carbocycles. The highest BCUT2D eigenvalue weighted by atomic mass is 35.5. The number of benzene rings is 3. The van der Waals surface area contributed by atoms with Crippen molar-refractivity contribution in [3.63, 3.8) is 0 Å². The molecule has 0 bridgehead atoms. The van der Waals surface area contributed by atoms with Gasteiger partial charge in [0.15, 0.2) is 9.84 Å². The van der Waals surface area contributed by atoms with E-state index >= 15 is 0 Å². The van der Waals surface area contributed by atoms with E-state index in [2.05, 4.69) is 5.32 Å². The van der Waals surface area contributed by atoms with Crippen LogP contribution in [0.15, 0.2) is 70.2 Å². The van der Waals surface area contributed by atoms with Crippen LogP contribution in [-0.2, 0) is 34.0 Å². The molecule has 1 atom stereocenters. The van der Waals surface area contributed by atoms with Crippen LogP contribution in [-0.4, -0.2) is 55.1 Å². The molecular formula is C29H24Cl2N2O7S. The number of furan rings is 1. The zero-order valence-corrected chi connectivity index (χ0v) is 24.0. The van der Waals surface area contributed by atoms with Crippen molar-refractivity contribution >= 4 is 61.8 Å². The van der Waals surface area contributed by atoms with Gasteiger partial charge in [0.25, 0.3) is 11.8 Å². The highest BCUT2D eigenvalue weighted by Gasteiger charge is 2.30. The van der Waals surface area contributed by atoms with Crippen LogP contribution in [0.2, 0.25) is 10.0 Å². The summed E-state index contributed by atoms with van der Waals surface area (Å²) in [6.07, 6.45) is 2.81. The first-order chi connectivity index (χ1) is 19.4. The summed E-state index contributed by atoms with van der Waals surface area (Å²) in [7, 11) is -3.50. The number of hydrogen-bond acceptors (Lipinski definition) is 6. The lowest BCUT2D eigenvalue weighted by Crippen LogP contribution is -2.42. The number of carbonyl (C=O) groups is 3. The summed E-state index contributed by atoms with van der Waals surface area (Å²) < 4.78 is 29.2. The molecule has 5 rings (SSSR count). The summed E-state index contributed by atoms with van der Waals surface area (Å²) in [5.41, 5.74) is 2.77. The first-order valence-electron chi connectivity index (χ1n) is 12.5. The maximum Gasteiger partial charge on any atom is 0.326 e. The van der Waals surface area contributed by atoms with Crippen molar-refractivity contribution in [2.24, 2.45) is 0 Å². The maximum atomic E-state index is 13.2. The Labute approximate surface area is 245 Å². The normalized spacial score (nSPS) is 14.0. The van der Waals surface area contributed by atoms with Gasteiger partial charge >= 0.3 is 5.97 Å². The fourth-order valence-electron chi connectivity index (χ4n) is 4.87. The number of carboxylic acids is 1. The van der Waals surface area contributed by atoms with E-state index in [9.17, 15) is 27.9 Å². The van der Waals surface area contributed by atoms with Crippen LogP contribution >= 0.6 is 23.2 Å². The lowest BCUT2D eigenvalue weighted by Gasteiger charge is -2.30. The van der Waals surface area contributed by atoms with Gasteiger partial charge in [-0.25, -0.2) is 13.2 Å². The first-order valence-corrected chi connectivity index (χ1v) is 15.2. The van der Waals surface area contributed by atoms with Gasteiger partial charge in [0.1, 0.15) is 11.6 Å². The van der Waals surface area contributed by atoms with Gasteiger partial charge in [0, 0.05) is 36.7 Å². The number of hydrogen-bond donors (Lipinski definition) is 2. The highest BCUT2D eigenvalue weighted by molar-refractivity contribution is 7.90. The molecule has 0 saturated carbocycles. The number of sulfone groups is 1.